The first kappa shape index (κ1) is 16.7. The summed E-state index contributed by atoms with van der Waals surface area (Å²) >= 11 is 2.94. The molecule has 5 nitrogen and oxygen atoms in total. The van der Waals surface area contributed by atoms with Crippen molar-refractivity contribution in [2.45, 2.75) is 13.5 Å². The van der Waals surface area contributed by atoms with E-state index in [1.165, 1.54) is 15.9 Å². The Morgan fingerprint density at radius 1 is 1.15 bits per heavy atom. The Hall–Kier alpha value is -2.77. The number of carbonyl (C=O) groups is 1. The molecule has 1 N–H and O–H groups in total. The number of aromatic nitrogens is 2. The van der Waals surface area contributed by atoms with Gasteiger partial charge in [-0.3, -0.25) is 14.2 Å². The zero-order valence-corrected chi connectivity index (χ0v) is 15.4. The van der Waals surface area contributed by atoms with Crippen LogP contribution in [-0.4, -0.2) is 20.6 Å². The van der Waals surface area contributed by atoms with Crippen LogP contribution in [-0.2, 0) is 11.3 Å². The largest absolute Gasteiger partial charge is 0.480 e. The predicted octanol–water partition coefficient (Wildman–Crippen LogP) is 4.25. The van der Waals surface area contributed by atoms with Crippen LogP contribution in [0, 0.1) is 6.92 Å². The van der Waals surface area contributed by atoms with Crippen molar-refractivity contribution in [3.8, 4) is 21.8 Å². The summed E-state index contributed by atoms with van der Waals surface area (Å²) in [5, 5.41) is 13.7. The molecule has 0 bridgehead atoms. The number of carboxylic acids is 1. The molecule has 0 saturated heterocycles. The van der Waals surface area contributed by atoms with E-state index in [2.05, 4.69) is 4.98 Å². The summed E-state index contributed by atoms with van der Waals surface area (Å²) < 4.78 is 1.26. The second-order valence-electron chi connectivity index (χ2n) is 5.84. The highest BCUT2D eigenvalue weighted by molar-refractivity contribution is 7.18. The summed E-state index contributed by atoms with van der Waals surface area (Å²) in [6.45, 7) is 1.49. The normalized spacial score (nSPS) is 11.1. The van der Waals surface area contributed by atoms with Crippen molar-refractivity contribution in [1.29, 1.82) is 0 Å². The Morgan fingerprint density at radius 2 is 1.96 bits per heavy atom. The number of hydrogen-bond acceptors (Lipinski definition) is 5. The summed E-state index contributed by atoms with van der Waals surface area (Å²) in [5.74, 6) is -0.682. The number of nitrogens with zero attached hydrogens (tertiary/aromatic N) is 2. The molecule has 0 spiro atoms. The van der Waals surface area contributed by atoms with Crippen LogP contribution in [0.5, 0.6) is 0 Å². The minimum atomic E-state index is -1.07. The zero-order valence-electron chi connectivity index (χ0n) is 13.8. The molecule has 3 aromatic heterocycles. The number of rotatable bonds is 4. The average molecular weight is 382 g/mol. The van der Waals surface area contributed by atoms with Crippen molar-refractivity contribution < 1.29 is 9.90 Å². The van der Waals surface area contributed by atoms with Crippen molar-refractivity contribution in [3.05, 3.63) is 63.1 Å². The van der Waals surface area contributed by atoms with Crippen LogP contribution in [0.2, 0.25) is 0 Å². The van der Waals surface area contributed by atoms with E-state index in [0.29, 0.717) is 16.0 Å². The van der Waals surface area contributed by atoms with Gasteiger partial charge in [0.15, 0.2) is 0 Å². The number of aliphatic carboxylic acids is 1. The van der Waals surface area contributed by atoms with Gasteiger partial charge in [-0.05, 0) is 23.9 Å². The summed E-state index contributed by atoms with van der Waals surface area (Å²) in [5.41, 5.74) is 2.19. The Balaban J connectivity index is 2.06. The molecule has 130 valence electrons. The van der Waals surface area contributed by atoms with Crippen molar-refractivity contribution in [2.75, 3.05) is 0 Å². The summed E-state index contributed by atoms with van der Waals surface area (Å²) in [6, 6.07) is 11.4. The van der Waals surface area contributed by atoms with E-state index in [1.54, 1.807) is 11.3 Å². The number of carboxylic acid groups (broad SMARTS) is 1. The summed E-state index contributed by atoms with van der Waals surface area (Å²) in [4.78, 5) is 30.9. The van der Waals surface area contributed by atoms with Crippen LogP contribution in [0.25, 0.3) is 32.0 Å². The predicted molar refractivity (Wildman–Crippen MR) is 105 cm³/mol. The van der Waals surface area contributed by atoms with Gasteiger partial charge in [0.25, 0.3) is 5.56 Å². The molecule has 1 aromatic carbocycles. The van der Waals surface area contributed by atoms with Gasteiger partial charge < -0.3 is 5.11 Å². The van der Waals surface area contributed by atoms with Crippen molar-refractivity contribution in [1.82, 2.24) is 9.55 Å². The molecule has 0 saturated carbocycles. The first-order valence-corrected chi connectivity index (χ1v) is 9.66. The van der Waals surface area contributed by atoms with Crippen LogP contribution in [0.3, 0.4) is 0 Å². The van der Waals surface area contributed by atoms with Gasteiger partial charge in [0, 0.05) is 21.4 Å². The highest BCUT2D eigenvalue weighted by Gasteiger charge is 2.20. The standard InChI is InChI=1S/C19H14N2O3S2/c1-11-5-2-3-6-12(11)17-20-18-16(19(24)21(17)9-15(22)23)13(10-26-18)14-7-4-8-25-14/h2-8,10H,9H2,1H3,(H,22,23). The van der Waals surface area contributed by atoms with E-state index in [1.807, 2.05) is 54.1 Å². The molecule has 26 heavy (non-hydrogen) atoms. The van der Waals surface area contributed by atoms with Crippen LogP contribution in [0.15, 0.2) is 52.0 Å². The SMILES string of the molecule is Cc1ccccc1-c1nc2scc(-c3cccs3)c2c(=O)n1CC(=O)O. The van der Waals surface area contributed by atoms with Gasteiger partial charge in [0.1, 0.15) is 17.2 Å². The molecule has 0 unspecified atom stereocenters. The first-order valence-electron chi connectivity index (χ1n) is 7.90. The van der Waals surface area contributed by atoms with Gasteiger partial charge >= 0.3 is 5.97 Å². The third-order valence-corrected chi connectivity index (χ3v) is 5.94. The molecule has 0 aliphatic heterocycles. The summed E-state index contributed by atoms with van der Waals surface area (Å²) in [7, 11) is 0. The van der Waals surface area contributed by atoms with Crippen molar-refractivity contribution in [2.24, 2.45) is 0 Å². The summed E-state index contributed by atoms with van der Waals surface area (Å²) in [6.07, 6.45) is 0. The first-order chi connectivity index (χ1) is 12.6. The number of aryl methyl sites for hydroxylation is 1. The fourth-order valence-corrected chi connectivity index (χ4v) is 4.70. The van der Waals surface area contributed by atoms with Crippen LogP contribution >= 0.6 is 22.7 Å². The maximum Gasteiger partial charge on any atom is 0.323 e. The van der Waals surface area contributed by atoms with Gasteiger partial charge in [-0.2, -0.15) is 0 Å². The van der Waals surface area contributed by atoms with Gasteiger partial charge in [-0.1, -0.05) is 30.3 Å². The van der Waals surface area contributed by atoms with Gasteiger partial charge in [-0.15, -0.1) is 22.7 Å². The lowest BCUT2D eigenvalue weighted by Gasteiger charge is -2.12. The van der Waals surface area contributed by atoms with E-state index in [0.717, 1.165) is 21.6 Å². The zero-order chi connectivity index (χ0) is 18.3. The molecule has 0 radical (unpaired) electrons. The Bertz CT molecular complexity index is 1170. The van der Waals surface area contributed by atoms with Gasteiger partial charge in [0.05, 0.1) is 5.39 Å². The van der Waals surface area contributed by atoms with Crippen LogP contribution in [0.1, 0.15) is 5.56 Å². The topological polar surface area (TPSA) is 72.2 Å². The van der Waals surface area contributed by atoms with E-state index >= 15 is 0 Å². The molecular formula is C19H14N2O3S2. The van der Waals surface area contributed by atoms with E-state index in [9.17, 15) is 14.7 Å². The number of fused-ring (bicyclic) bond motifs is 1. The molecule has 0 fully saturated rings. The number of thiophene rings is 2. The molecule has 4 rings (SSSR count). The lowest BCUT2D eigenvalue weighted by atomic mass is 10.1. The maximum atomic E-state index is 13.2. The molecule has 0 amide bonds. The van der Waals surface area contributed by atoms with E-state index in [-0.39, 0.29) is 5.56 Å². The quantitative estimate of drug-likeness (QED) is 0.573. The molecule has 0 aliphatic carbocycles. The minimum absolute atomic E-state index is 0.319. The third kappa shape index (κ3) is 2.75. The van der Waals surface area contributed by atoms with Crippen LogP contribution < -0.4 is 5.56 Å². The lowest BCUT2D eigenvalue weighted by molar-refractivity contribution is -0.137. The van der Waals surface area contributed by atoms with Crippen molar-refractivity contribution in [3.63, 3.8) is 0 Å². The minimum Gasteiger partial charge on any atom is -0.480 e. The molecule has 3 heterocycles. The van der Waals surface area contributed by atoms with Crippen LogP contribution in [0.4, 0.5) is 0 Å². The second kappa shape index (κ2) is 6.51. The van der Waals surface area contributed by atoms with Gasteiger partial charge in [0.2, 0.25) is 0 Å². The molecule has 0 aliphatic rings. The van der Waals surface area contributed by atoms with Crippen molar-refractivity contribution >= 4 is 38.9 Å². The molecular weight excluding hydrogens is 368 g/mol. The number of benzene rings is 1. The Morgan fingerprint density at radius 3 is 2.65 bits per heavy atom. The Labute approximate surface area is 156 Å². The highest BCUT2D eigenvalue weighted by atomic mass is 32.1. The second-order valence-corrected chi connectivity index (χ2v) is 7.65. The Kier molecular flexibility index (Phi) is 4.18. The van der Waals surface area contributed by atoms with Gasteiger partial charge in [-0.25, -0.2) is 4.98 Å². The molecule has 0 atom stereocenters. The fraction of sp³-hybridized carbons (Fsp3) is 0.105. The van der Waals surface area contributed by atoms with E-state index in [4.69, 9.17) is 0 Å². The lowest BCUT2D eigenvalue weighted by Crippen LogP contribution is -2.27. The fourth-order valence-electron chi connectivity index (χ4n) is 2.95. The highest BCUT2D eigenvalue weighted by Crippen LogP contribution is 2.35. The van der Waals surface area contributed by atoms with E-state index < -0.39 is 12.5 Å². The molecule has 4 aromatic rings. The molecule has 7 heteroatoms. The third-order valence-electron chi connectivity index (χ3n) is 4.16. The smallest absolute Gasteiger partial charge is 0.323 e. The monoisotopic (exact) mass is 382 g/mol. The number of hydrogen-bond donors (Lipinski definition) is 1. The average Bonchev–Trinajstić information content (AvgIpc) is 3.26. The maximum absolute atomic E-state index is 13.2.